The first-order chi connectivity index (χ1) is 14.9. The number of hydrogen-bond acceptors (Lipinski definition) is 4. The molecule has 1 unspecified atom stereocenters. The lowest BCUT2D eigenvalue weighted by Gasteiger charge is -2.37. The second-order valence-corrected chi connectivity index (χ2v) is 8.61. The summed E-state index contributed by atoms with van der Waals surface area (Å²) in [6.45, 7) is 4.19. The Balaban J connectivity index is 1.43. The predicted octanol–water partition coefficient (Wildman–Crippen LogP) is 3.00. The van der Waals surface area contributed by atoms with Gasteiger partial charge in [0.1, 0.15) is 0 Å². The number of carbonyl (C=O) groups is 3. The third-order valence-electron chi connectivity index (χ3n) is 5.96. The van der Waals surface area contributed by atoms with Crippen LogP contribution in [0.15, 0.2) is 48.5 Å². The Kier molecular flexibility index (Phi) is 6.39. The molecule has 1 atom stereocenters. The molecule has 2 aromatic carbocycles. The van der Waals surface area contributed by atoms with Gasteiger partial charge in [0.05, 0.1) is 11.6 Å². The number of nitrogens with one attached hydrogen (secondary N) is 1. The van der Waals surface area contributed by atoms with Crippen LogP contribution in [0.4, 0.5) is 0 Å². The normalized spacial score (nSPS) is 17.8. The number of rotatable bonds is 6. The Morgan fingerprint density at radius 3 is 2.16 bits per heavy atom. The number of carbonyl (C=O) groups excluding carboxylic acids is 3. The minimum atomic E-state index is -0.211. The molecule has 31 heavy (non-hydrogen) atoms. The molecule has 0 radical (unpaired) electrons. The van der Waals surface area contributed by atoms with E-state index in [1.165, 1.54) is 0 Å². The molecule has 7 heteroatoms. The van der Waals surface area contributed by atoms with Crippen molar-refractivity contribution in [3.8, 4) is 0 Å². The first kappa shape index (κ1) is 21.5. The SMILES string of the molecule is CC(C(=O)NC1CC1)N1CCN(C(=O)c2ccccc2C(=O)c2ccc(Cl)cc2)CC1. The lowest BCUT2D eigenvalue weighted by Crippen LogP contribution is -2.55. The Bertz CT molecular complexity index is 980. The van der Waals surface area contributed by atoms with Crippen LogP contribution in [0.5, 0.6) is 0 Å². The van der Waals surface area contributed by atoms with Crippen LogP contribution in [0.25, 0.3) is 0 Å². The molecule has 0 spiro atoms. The van der Waals surface area contributed by atoms with E-state index in [4.69, 9.17) is 11.6 Å². The van der Waals surface area contributed by atoms with Crippen LogP contribution in [0.2, 0.25) is 5.02 Å². The summed E-state index contributed by atoms with van der Waals surface area (Å²) in [6, 6.07) is 13.7. The van der Waals surface area contributed by atoms with Crippen LogP contribution >= 0.6 is 11.6 Å². The predicted molar refractivity (Wildman–Crippen MR) is 119 cm³/mol. The maximum atomic E-state index is 13.2. The number of ketones is 1. The molecule has 0 aromatic heterocycles. The number of halogens is 1. The van der Waals surface area contributed by atoms with E-state index in [-0.39, 0.29) is 23.6 Å². The Labute approximate surface area is 187 Å². The van der Waals surface area contributed by atoms with Crippen molar-refractivity contribution in [1.29, 1.82) is 0 Å². The molecule has 4 rings (SSSR count). The highest BCUT2D eigenvalue weighted by Gasteiger charge is 2.31. The van der Waals surface area contributed by atoms with Crippen LogP contribution in [0, 0.1) is 0 Å². The van der Waals surface area contributed by atoms with Gasteiger partial charge >= 0.3 is 0 Å². The molecule has 1 aliphatic heterocycles. The fraction of sp³-hybridized carbons (Fsp3) is 0.375. The van der Waals surface area contributed by atoms with Crippen LogP contribution in [0.1, 0.15) is 46.0 Å². The highest BCUT2D eigenvalue weighted by molar-refractivity contribution is 6.30. The molecule has 2 aliphatic rings. The molecule has 2 aromatic rings. The maximum absolute atomic E-state index is 13.2. The molecule has 2 amide bonds. The van der Waals surface area contributed by atoms with Gasteiger partial charge in [0.2, 0.25) is 5.91 Å². The molecule has 1 aliphatic carbocycles. The molecule has 2 fully saturated rings. The average Bonchev–Trinajstić information content (AvgIpc) is 3.62. The lowest BCUT2D eigenvalue weighted by molar-refractivity contribution is -0.126. The molecule has 1 heterocycles. The third-order valence-corrected chi connectivity index (χ3v) is 6.21. The van der Waals surface area contributed by atoms with E-state index in [2.05, 4.69) is 10.2 Å². The highest BCUT2D eigenvalue weighted by Crippen LogP contribution is 2.21. The van der Waals surface area contributed by atoms with E-state index in [0.29, 0.717) is 53.9 Å². The Morgan fingerprint density at radius 1 is 0.935 bits per heavy atom. The summed E-state index contributed by atoms with van der Waals surface area (Å²) >= 11 is 5.93. The largest absolute Gasteiger partial charge is 0.352 e. The van der Waals surface area contributed by atoms with Crippen molar-refractivity contribution in [3.05, 3.63) is 70.2 Å². The smallest absolute Gasteiger partial charge is 0.254 e. The van der Waals surface area contributed by atoms with Crippen molar-refractivity contribution >= 4 is 29.2 Å². The summed E-state index contributed by atoms with van der Waals surface area (Å²) in [7, 11) is 0. The Morgan fingerprint density at radius 2 is 1.55 bits per heavy atom. The molecular formula is C24H26ClN3O3. The maximum Gasteiger partial charge on any atom is 0.254 e. The summed E-state index contributed by atoms with van der Waals surface area (Å²) < 4.78 is 0. The van der Waals surface area contributed by atoms with Gasteiger partial charge in [-0.05, 0) is 50.1 Å². The fourth-order valence-corrected chi connectivity index (χ4v) is 3.95. The van der Waals surface area contributed by atoms with Crippen LogP contribution in [-0.4, -0.2) is 65.7 Å². The third kappa shape index (κ3) is 4.97. The van der Waals surface area contributed by atoms with Crippen LogP contribution in [-0.2, 0) is 4.79 Å². The second kappa shape index (κ2) is 9.20. The second-order valence-electron chi connectivity index (χ2n) is 8.17. The Hall–Kier alpha value is -2.70. The minimum absolute atomic E-state index is 0.0567. The highest BCUT2D eigenvalue weighted by atomic mass is 35.5. The van der Waals surface area contributed by atoms with Crippen LogP contribution < -0.4 is 5.32 Å². The minimum Gasteiger partial charge on any atom is -0.352 e. The van der Waals surface area contributed by atoms with Gasteiger partial charge in [0.25, 0.3) is 5.91 Å². The summed E-state index contributed by atoms with van der Waals surface area (Å²) in [5.74, 6) is -0.307. The monoisotopic (exact) mass is 439 g/mol. The topological polar surface area (TPSA) is 69.7 Å². The quantitative estimate of drug-likeness (QED) is 0.702. The van der Waals surface area contributed by atoms with E-state index >= 15 is 0 Å². The molecule has 0 bridgehead atoms. The first-order valence-electron chi connectivity index (χ1n) is 10.7. The summed E-state index contributed by atoms with van der Waals surface area (Å²) in [4.78, 5) is 42.4. The van der Waals surface area contributed by atoms with Crippen molar-refractivity contribution < 1.29 is 14.4 Å². The van der Waals surface area contributed by atoms with Crippen molar-refractivity contribution in [2.45, 2.75) is 31.8 Å². The molecule has 1 saturated heterocycles. The standard InChI is InChI=1S/C24H26ClN3O3/c1-16(23(30)26-19-10-11-19)27-12-14-28(15-13-27)24(31)21-5-3-2-4-20(21)22(29)17-6-8-18(25)9-7-17/h2-9,16,19H,10-15H2,1H3,(H,26,30). The van der Waals surface area contributed by atoms with Gasteiger partial charge in [0, 0.05) is 48.4 Å². The van der Waals surface area contributed by atoms with Gasteiger partial charge in [-0.3, -0.25) is 19.3 Å². The number of hydrogen-bond donors (Lipinski definition) is 1. The van der Waals surface area contributed by atoms with Crippen molar-refractivity contribution in [2.75, 3.05) is 26.2 Å². The number of amides is 2. The summed E-state index contributed by atoms with van der Waals surface area (Å²) in [5, 5.41) is 3.60. The van der Waals surface area contributed by atoms with E-state index < -0.39 is 0 Å². The van der Waals surface area contributed by atoms with E-state index in [0.717, 1.165) is 12.8 Å². The van der Waals surface area contributed by atoms with Crippen molar-refractivity contribution in [2.24, 2.45) is 0 Å². The van der Waals surface area contributed by atoms with Gasteiger partial charge in [0.15, 0.2) is 5.78 Å². The molecule has 1 saturated carbocycles. The fourth-order valence-electron chi connectivity index (χ4n) is 3.82. The average molecular weight is 440 g/mol. The van der Waals surface area contributed by atoms with Crippen molar-refractivity contribution in [3.63, 3.8) is 0 Å². The molecule has 1 N–H and O–H groups in total. The van der Waals surface area contributed by atoms with E-state index in [9.17, 15) is 14.4 Å². The van der Waals surface area contributed by atoms with Crippen molar-refractivity contribution in [1.82, 2.24) is 15.1 Å². The van der Waals surface area contributed by atoms with Gasteiger partial charge in [-0.2, -0.15) is 0 Å². The molecular weight excluding hydrogens is 414 g/mol. The van der Waals surface area contributed by atoms with Gasteiger partial charge in [-0.15, -0.1) is 0 Å². The molecule has 162 valence electrons. The number of nitrogens with zero attached hydrogens (tertiary/aromatic N) is 2. The van der Waals surface area contributed by atoms with E-state index in [1.54, 1.807) is 53.4 Å². The zero-order valence-corrected chi connectivity index (χ0v) is 18.3. The van der Waals surface area contributed by atoms with Gasteiger partial charge in [-0.25, -0.2) is 0 Å². The van der Waals surface area contributed by atoms with Gasteiger partial charge in [-0.1, -0.05) is 29.8 Å². The van der Waals surface area contributed by atoms with E-state index in [1.807, 2.05) is 6.92 Å². The van der Waals surface area contributed by atoms with Crippen LogP contribution in [0.3, 0.4) is 0 Å². The zero-order valence-electron chi connectivity index (χ0n) is 17.5. The van der Waals surface area contributed by atoms with Gasteiger partial charge < -0.3 is 10.2 Å². The zero-order chi connectivity index (χ0) is 22.0. The lowest BCUT2D eigenvalue weighted by atomic mass is 9.97. The number of benzene rings is 2. The summed E-state index contributed by atoms with van der Waals surface area (Å²) in [6.07, 6.45) is 2.13. The first-order valence-corrected chi connectivity index (χ1v) is 11.0. The molecule has 6 nitrogen and oxygen atoms in total. The summed E-state index contributed by atoms with van der Waals surface area (Å²) in [5.41, 5.74) is 1.27. The number of piperazine rings is 1.